The zero-order valence-electron chi connectivity index (χ0n) is 11.4. The molecular weight excluding hydrogens is 232 g/mol. The zero-order chi connectivity index (χ0) is 13.2. The van der Waals surface area contributed by atoms with Crippen molar-refractivity contribution in [2.45, 2.75) is 13.5 Å². The second kappa shape index (κ2) is 4.81. The quantitative estimate of drug-likeness (QED) is 0.740. The van der Waals surface area contributed by atoms with Crippen LogP contribution in [-0.4, -0.2) is 4.57 Å². The molecule has 1 N–H and O–H groups in total. The molecule has 2 aromatic carbocycles. The first kappa shape index (κ1) is 11.8. The molecule has 0 unspecified atom stereocenters. The monoisotopic (exact) mass is 250 g/mol. The molecule has 0 saturated carbocycles. The Balaban J connectivity index is 1.88. The molecule has 0 fully saturated rings. The van der Waals surface area contributed by atoms with Gasteiger partial charge in [-0.3, -0.25) is 0 Å². The Morgan fingerprint density at radius 2 is 1.74 bits per heavy atom. The first-order chi connectivity index (χ1) is 9.25. The molecule has 1 aromatic heterocycles. The molecule has 0 amide bonds. The molecule has 0 aliphatic heterocycles. The number of aromatic nitrogens is 1. The number of hydrogen-bond acceptors (Lipinski definition) is 1. The summed E-state index contributed by atoms with van der Waals surface area (Å²) in [6, 6.07) is 16.9. The van der Waals surface area contributed by atoms with Crippen LogP contribution in [0, 0.1) is 6.92 Å². The summed E-state index contributed by atoms with van der Waals surface area (Å²) >= 11 is 0. The van der Waals surface area contributed by atoms with Crippen LogP contribution in [0.1, 0.15) is 11.1 Å². The fourth-order valence-electron chi connectivity index (χ4n) is 2.53. The van der Waals surface area contributed by atoms with Gasteiger partial charge in [-0.25, -0.2) is 0 Å². The van der Waals surface area contributed by atoms with Gasteiger partial charge in [0.2, 0.25) is 0 Å². The number of nitrogens with one attached hydrogen (secondary N) is 1. The van der Waals surface area contributed by atoms with Crippen molar-refractivity contribution in [2.75, 3.05) is 5.32 Å². The van der Waals surface area contributed by atoms with Gasteiger partial charge in [0, 0.05) is 36.4 Å². The predicted molar refractivity (Wildman–Crippen MR) is 81.4 cm³/mol. The molecule has 0 atom stereocenters. The molecule has 0 saturated heterocycles. The van der Waals surface area contributed by atoms with Crippen LogP contribution in [0.5, 0.6) is 0 Å². The van der Waals surface area contributed by atoms with Crippen molar-refractivity contribution in [1.29, 1.82) is 0 Å². The molecule has 2 heteroatoms. The van der Waals surface area contributed by atoms with Gasteiger partial charge in [0.05, 0.1) is 0 Å². The van der Waals surface area contributed by atoms with Crippen LogP contribution in [0.25, 0.3) is 10.9 Å². The smallest absolute Gasteiger partial charge is 0.0481 e. The van der Waals surface area contributed by atoms with Crippen LogP contribution in [0.2, 0.25) is 0 Å². The van der Waals surface area contributed by atoms with Crippen molar-refractivity contribution in [3.63, 3.8) is 0 Å². The highest BCUT2D eigenvalue weighted by atomic mass is 14.9. The van der Waals surface area contributed by atoms with E-state index >= 15 is 0 Å². The molecule has 0 bridgehead atoms. The van der Waals surface area contributed by atoms with Crippen molar-refractivity contribution < 1.29 is 0 Å². The Bertz CT molecular complexity index is 710. The van der Waals surface area contributed by atoms with Gasteiger partial charge in [0.1, 0.15) is 0 Å². The van der Waals surface area contributed by atoms with Crippen molar-refractivity contribution >= 4 is 16.6 Å². The Kier molecular flexibility index (Phi) is 3.00. The maximum Gasteiger partial charge on any atom is 0.0481 e. The normalized spacial score (nSPS) is 10.8. The lowest BCUT2D eigenvalue weighted by molar-refractivity contribution is 0.955. The molecule has 0 aliphatic rings. The summed E-state index contributed by atoms with van der Waals surface area (Å²) in [6.45, 7) is 2.98. The fourth-order valence-corrected chi connectivity index (χ4v) is 2.53. The average Bonchev–Trinajstić information content (AvgIpc) is 2.75. The zero-order valence-corrected chi connectivity index (χ0v) is 11.4. The van der Waals surface area contributed by atoms with E-state index < -0.39 is 0 Å². The van der Waals surface area contributed by atoms with Crippen LogP contribution in [0.3, 0.4) is 0 Å². The predicted octanol–water partition coefficient (Wildman–Crippen LogP) is 4.10. The highest BCUT2D eigenvalue weighted by Crippen LogP contribution is 2.22. The van der Waals surface area contributed by atoms with E-state index in [0.29, 0.717) is 0 Å². The second-order valence-corrected chi connectivity index (χ2v) is 4.95. The van der Waals surface area contributed by atoms with Crippen LogP contribution in [-0.2, 0) is 13.6 Å². The fraction of sp³-hybridized carbons (Fsp3) is 0.176. The van der Waals surface area contributed by atoms with Gasteiger partial charge in [0.15, 0.2) is 0 Å². The van der Waals surface area contributed by atoms with Crippen LogP contribution < -0.4 is 5.32 Å². The Morgan fingerprint density at radius 3 is 2.58 bits per heavy atom. The van der Waals surface area contributed by atoms with Crippen LogP contribution >= 0.6 is 0 Å². The third-order valence-corrected chi connectivity index (χ3v) is 3.59. The molecule has 3 aromatic rings. The summed E-state index contributed by atoms with van der Waals surface area (Å²) in [4.78, 5) is 0. The third kappa shape index (κ3) is 2.22. The summed E-state index contributed by atoms with van der Waals surface area (Å²) in [7, 11) is 2.10. The Morgan fingerprint density at radius 1 is 1.00 bits per heavy atom. The minimum absolute atomic E-state index is 0.853. The highest BCUT2D eigenvalue weighted by molar-refractivity contribution is 5.84. The van der Waals surface area contributed by atoms with Gasteiger partial charge < -0.3 is 9.88 Å². The summed E-state index contributed by atoms with van der Waals surface area (Å²) in [5.41, 5.74) is 5.10. The maximum absolute atomic E-state index is 3.52. The van der Waals surface area contributed by atoms with Crippen molar-refractivity contribution in [3.05, 3.63) is 65.9 Å². The minimum atomic E-state index is 0.853. The summed E-state index contributed by atoms with van der Waals surface area (Å²) < 4.78 is 2.18. The third-order valence-electron chi connectivity index (χ3n) is 3.59. The van der Waals surface area contributed by atoms with Crippen molar-refractivity contribution in [3.8, 4) is 0 Å². The standard InChI is InChI=1S/C17H18N2/c1-13-7-3-5-9-16(13)18-11-14-12-19(2)17-10-6-4-8-15(14)17/h3-10,12,18H,11H2,1-2H3. The van der Waals surface area contributed by atoms with E-state index in [0.717, 1.165) is 6.54 Å². The SMILES string of the molecule is Cc1ccccc1NCc1cn(C)c2ccccc12. The van der Waals surface area contributed by atoms with E-state index in [1.165, 1.54) is 27.7 Å². The van der Waals surface area contributed by atoms with E-state index in [4.69, 9.17) is 0 Å². The summed E-state index contributed by atoms with van der Waals surface area (Å²) in [6.07, 6.45) is 2.20. The topological polar surface area (TPSA) is 17.0 Å². The first-order valence-corrected chi connectivity index (χ1v) is 6.58. The van der Waals surface area contributed by atoms with Crippen LogP contribution in [0.15, 0.2) is 54.7 Å². The van der Waals surface area contributed by atoms with Gasteiger partial charge in [-0.15, -0.1) is 0 Å². The lowest BCUT2D eigenvalue weighted by atomic mass is 10.1. The highest BCUT2D eigenvalue weighted by Gasteiger charge is 2.05. The number of benzene rings is 2. The van der Waals surface area contributed by atoms with E-state index in [-0.39, 0.29) is 0 Å². The molecule has 96 valence electrons. The van der Waals surface area contributed by atoms with Crippen LogP contribution in [0.4, 0.5) is 5.69 Å². The van der Waals surface area contributed by atoms with E-state index in [9.17, 15) is 0 Å². The van der Waals surface area contributed by atoms with E-state index in [2.05, 4.69) is 78.6 Å². The largest absolute Gasteiger partial charge is 0.381 e. The lowest BCUT2D eigenvalue weighted by Crippen LogP contribution is -2.00. The van der Waals surface area contributed by atoms with Crippen molar-refractivity contribution in [2.24, 2.45) is 7.05 Å². The van der Waals surface area contributed by atoms with Gasteiger partial charge in [-0.2, -0.15) is 0 Å². The van der Waals surface area contributed by atoms with Gasteiger partial charge in [0.25, 0.3) is 0 Å². The Labute approximate surface area is 113 Å². The lowest BCUT2D eigenvalue weighted by Gasteiger charge is -2.08. The van der Waals surface area contributed by atoms with E-state index in [1.807, 2.05) is 0 Å². The number of para-hydroxylation sites is 2. The van der Waals surface area contributed by atoms with Crippen molar-refractivity contribution in [1.82, 2.24) is 4.57 Å². The summed E-state index contributed by atoms with van der Waals surface area (Å²) in [5.74, 6) is 0. The molecule has 1 heterocycles. The molecule has 0 spiro atoms. The number of hydrogen-bond donors (Lipinski definition) is 1. The number of fused-ring (bicyclic) bond motifs is 1. The molecule has 19 heavy (non-hydrogen) atoms. The molecule has 0 aliphatic carbocycles. The summed E-state index contributed by atoms with van der Waals surface area (Å²) in [5, 5.41) is 4.85. The first-order valence-electron chi connectivity index (χ1n) is 6.58. The molecule has 0 radical (unpaired) electrons. The maximum atomic E-state index is 3.52. The molecule has 3 rings (SSSR count). The molecule has 2 nitrogen and oxygen atoms in total. The number of rotatable bonds is 3. The van der Waals surface area contributed by atoms with Gasteiger partial charge >= 0.3 is 0 Å². The number of anilines is 1. The van der Waals surface area contributed by atoms with E-state index in [1.54, 1.807) is 0 Å². The second-order valence-electron chi connectivity index (χ2n) is 4.95. The number of aryl methyl sites for hydroxylation is 2. The minimum Gasteiger partial charge on any atom is -0.381 e. The average molecular weight is 250 g/mol. The number of nitrogens with zero attached hydrogens (tertiary/aromatic N) is 1. The van der Waals surface area contributed by atoms with Gasteiger partial charge in [-0.05, 0) is 30.2 Å². The Hall–Kier alpha value is -2.22. The van der Waals surface area contributed by atoms with Gasteiger partial charge in [-0.1, -0.05) is 36.4 Å². The molecular formula is C17H18N2.